The van der Waals surface area contributed by atoms with Gasteiger partial charge in [0.15, 0.2) is 0 Å². The van der Waals surface area contributed by atoms with Gasteiger partial charge in [0.05, 0.1) is 4.90 Å². The molecule has 0 unspecified atom stereocenters. The third-order valence-electron chi connectivity index (χ3n) is 7.13. The van der Waals surface area contributed by atoms with Gasteiger partial charge >= 0.3 is 0 Å². The summed E-state index contributed by atoms with van der Waals surface area (Å²) in [5.74, 6) is -0.413. The second-order valence-corrected chi connectivity index (χ2v) is 11.7. The van der Waals surface area contributed by atoms with Crippen LogP contribution in [-0.4, -0.2) is 24.9 Å². The average Bonchev–Trinajstić information content (AvgIpc) is 3.21. The summed E-state index contributed by atoms with van der Waals surface area (Å²) < 4.78 is 32.2. The highest BCUT2D eigenvalue weighted by Crippen LogP contribution is 2.31. The van der Waals surface area contributed by atoms with Crippen molar-refractivity contribution in [3.8, 4) is 0 Å². The molecule has 4 aromatic carbocycles. The van der Waals surface area contributed by atoms with Gasteiger partial charge in [-0.2, -0.15) is 4.72 Å². The van der Waals surface area contributed by atoms with Crippen LogP contribution in [-0.2, 0) is 27.8 Å². The minimum absolute atomic E-state index is 0.216. The van der Waals surface area contributed by atoms with Crippen LogP contribution in [0.1, 0.15) is 29.2 Å². The van der Waals surface area contributed by atoms with Gasteiger partial charge in [0.1, 0.15) is 6.04 Å². The Morgan fingerprint density at radius 2 is 1.46 bits per heavy atom. The lowest BCUT2D eigenvalue weighted by Gasteiger charge is -2.21. The van der Waals surface area contributed by atoms with Crippen molar-refractivity contribution in [2.24, 2.45) is 0 Å². The van der Waals surface area contributed by atoms with E-state index >= 15 is 0 Å². The number of para-hydroxylation sites is 1. The lowest BCUT2D eigenvalue weighted by atomic mass is 10.1. The molecule has 39 heavy (non-hydrogen) atoms. The fraction of sp³-hybridized carbons (Fsp3) is 0.219. The Bertz CT molecular complexity index is 1770. The van der Waals surface area contributed by atoms with Crippen LogP contribution in [0, 0.1) is 20.8 Å². The molecule has 5 rings (SSSR count). The number of amides is 1. The third-order valence-corrected chi connectivity index (χ3v) is 8.90. The number of anilines is 1. The normalized spacial score (nSPS) is 12.6. The highest BCUT2D eigenvalue weighted by Gasteiger charge is 2.28. The van der Waals surface area contributed by atoms with Gasteiger partial charge in [-0.05, 0) is 75.1 Å². The smallest absolute Gasteiger partial charge is 0.242 e. The van der Waals surface area contributed by atoms with E-state index in [1.54, 1.807) is 13.8 Å². The van der Waals surface area contributed by atoms with Crippen LogP contribution in [0.15, 0.2) is 89.8 Å². The average molecular weight is 540 g/mol. The van der Waals surface area contributed by atoms with Gasteiger partial charge in [0.25, 0.3) is 0 Å². The molecule has 0 aliphatic carbocycles. The van der Waals surface area contributed by atoms with E-state index in [0.717, 1.165) is 39.5 Å². The molecule has 5 aromatic rings. The Morgan fingerprint density at radius 1 is 0.821 bits per heavy atom. The summed E-state index contributed by atoms with van der Waals surface area (Å²) in [7, 11) is -3.97. The summed E-state index contributed by atoms with van der Waals surface area (Å²) in [4.78, 5) is 13.9. The first kappa shape index (κ1) is 26.7. The molecule has 2 N–H and O–H groups in total. The number of fused-ring (bicyclic) bond motifs is 3. The Kier molecular flexibility index (Phi) is 7.30. The summed E-state index contributed by atoms with van der Waals surface area (Å²) in [5.41, 5.74) is 5.99. The van der Waals surface area contributed by atoms with Gasteiger partial charge in [-0.25, -0.2) is 8.42 Å². The molecule has 1 atom stereocenters. The number of aromatic nitrogens is 1. The third kappa shape index (κ3) is 5.33. The van der Waals surface area contributed by atoms with E-state index in [0.29, 0.717) is 16.8 Å². The van der Waals surface area contributed by atoms with Crippen LogP contribution in [0.4, 0.5) is 5.69 Å². The van der Waals surface area contributed by atoms with Gasteiger partial charge in [-0.3, -0.25) is 4.79 Å². The number of nitrogens with one attached hydrogen (secondary N) is 2. The SMILES string of the molecule is CCn1c2ccccc2c2cc(NC(=O)[C@H](Cc3ccccc3)NS(=O)(=O)c3c(C)cc(C)cc3C)ccc21. The molecule has 0 saturated heterocycles. The first-order chi connectivity index (χ1) is 18.7. The number of carbonyl (C=O) groups is 1. The highest BCUT2D eigenvalue weighted by atomic mass is 32.2. The molecule has 1 aromatic heterocycles. The van der Waals surface area contributed by atoms with Crippen LogP contribution in [0.25, 0.3) is 21.8 Å². The van der Waals surface area contributed by atoms with E-state index in [4.69, 9.17) is 0 Å². The van der Waals surface area contributed by atoms with Gasteiger partial charge in [0.2, 0.25) is 15.9 Å². The molecule has 0 aliphatic rings. The molecular weight excluding hydrogens is 506 g/mol. The molecule has 0 saturated carbocycles. The molecule has 0 bridgehead atoms. The largest absolute Gasteiger partial charge is 0.341 e. The van der Waals surface area contributed by atoms with Gasteiger partial charge in [-0.15, -0.1) is 0 Å². The van der Waals surface area contributed by atoms with Crippen LogP contribution >= 0.6 is 0 Å². The van der Waals surface area contributed by atoms with E-state index in [-0.39, 0.29) is 11.3 Å². The maximum Gasteiger partial charge on any atom is 0.242 e. The van der Waals surface area contributed by atoms with Crippen molar-refractivity contribution in [2.75, 3.05) is 5.32 Å². The fourth-order valence-corrected chi connectivity index (χ4v) is 7.22. The van der Waals surface area contributed by atoms with Crippen molar-refractivity contribution in [3.63, 3.8) is 0 Å². The van der Waals surface area contributed by atoms with Crippen molar-refractivity contribution in [1.29, 1.82) is 0 Å². The highest BCUT2D eigenvalue weighted by molar-refractivity contribution is 7.89. The first-order valence-electron chi connectivity index (χ1n) is 13.1. The quantitative estimate of drug-likeness (QED) is 0.244. The predicted molar refractivity (Wildman–Crippen MR) is 159 cm³/mol. The first-order valence-corrected chi connectivity index (χ1v) is 14.6. The Hall–Kier alpha value is -3.94. The molecule has 200 valence electrons. The van der Waals surface area contributed by atoms with Crippen molar-refractivity contribution in [1.82, 2.24) is 9.29 Å². The van der Waals surface area contributed by atoms with Gasteiger partial charge < -0.3 is 9.88 Å². The van der Waals surface area contributed by atoms with Crippen LogP contribution in [0.3, 0.4) is 0 Å². The number of hydrogen-bond donors (Lipinski definition) is 2. The number of sulfonamides is 1. The lowest BCUT2D eigenvalue weighted by Crippen LogP contribution is -2.45. The minimum atomic E-state index is -3.97. The van der Waals surface area contributed by atoms with Crippen molar-refractivity contribution >= 4 is 43.4 Å². The minimum Gasteiger partial charge on any atom is -0.341 e. The standard InChI is InChI=1S/C32H33N3O3S/c1-5-35-29-14-10-9-13-26(29)27-20-25(15-16-30(27)35)33-32(36)28(19-24-11-7-6-8-12-24)34-39(37,38)31-22(3)17-21(2)18-23(31)4/h6-18,20,28,34H,5,19H2,1-4H3,(H,33,36)/t28-/m0/s1. The molecule has 0 fully saturated rings. The van der Waals surface area contributed by atoms with E-state index in [9.17, 15) is 13.2 Å². The van der Waals surface area contributed by atoms with Crippen LogP contribution < -0.4 is 10.0 Å². The van der Waals surface area contributed by atoms with Crippen molar-refractivity contribution in [2.45, 2.75) is 51.6 Å². The summed E-state index contributed by atoms with van der Waals surface area (Å²) in [5, 5.41) is 5.13. The number of nitrogens with zero attached hydrogens (tertiary/aromatic N) is 1. The topological polar surface area (TPSA) is 80.2 Å². The van der Waals surface area contributed by atoms with E-state index in [2.05, 4.69) is 33.7 Å². The maximum absolute atomic E-state index is 13.7. The number of carbonyl (C=O) groups excluding carboxylic acids is 1. The van der Waals surface area contributed by atoms with Gasteiger partial charge in [0, 0.05) is 34.0 Å². The predicted octanol–water partition coefficient (Wildman–Crippen LogP) is 6.27. The summed E-state index contributed by atoms with van der Waals surface area (Å²) in [6.07, 6.45) is 0.216. The number of benzene rings is 4. The van der Waals surface area contributed by atoms with Gasteiger partial charge in [-0.1, -0.05) is 66.2 Å². The number of aryl methyl sites for hydroxylation is 4. The zero-order valence-electron chi connectivity index (χ0n) is 22.7. The van der Waals surface area contributed by atoms with E-state index < -0.39 is 22.0 Å². The maximum atomic E-state index is 13.7. The molecule has 0 spiro atoms. The molecule has 0 aliphatic heterocycles. The van der Waals surface area contributed by atoms with E-state index in [1.807, 2.05) is 79.7 Å². The summed E-state index contributed by atoms with van der Waals surface area (Å²) >= 11 is 0. The summed E-state index contributed by atoms with van der Waals surface area (Å²) in [6, 6.07) is 26.1. The fourth-order valence-electron chi connectivity index (χ4n) is 5.58. The van der Waals surface area contributed by atoms with Crippen LogP contribution in [0.5, 0.6) is 0 Å². The second-order valence-electron chi connectivity index (χ2n) is 10.1. The van der Waals surface area contributed by atoms with Crippen LogP contribution in [0.2, 0.25) is 0 Å². The second kappa shape index (κ2) is 10.7. The monoisotopic (exact) mass is 539 g/mol. The molecule has 0 radical (unpaired) electrons. The van der Waals surface area contributed by atoms with Crippen molar-refractivity contribution in [3.05, 3.63) is 107 Å². The Morgan fingerprint density at radius 3 is 2.15 bits per heavy atom. The molecule has 7 heteroatoms. The lowest BCUT2D eigenvalue weighted by molar-refractivity contribution is -0.117. The molecule has 1 heterocycles. The number of rotatable bonds is 8. The number of hydrogen-bond acceptors (Lipinski definition) is 3. The molecular formula is C32H33N3O3S. The molecule has 6 nitrogen and oxygen atoms in total. The van der Waals surface area contributed by atoms with E-state index in [1.165, 1.54) is 0 Å². The zero-order valence-corrected chi connectivity index (χ0v) is 23.5. The van der Waals surface area contributed by atoms with Crippen molar-refractivity contribution < 1.29 is 13.2 Å². The zero-order chi connectivity index (χ0) is 27.7. The Balaban J connectivity index is 1.49. The summed E-state index contributed by atoms with van der Waals surface area (Å²) in [6.45, 7) is 8.43. The molecule has 1 amide bonds. The Labute approximate surface area is 229 Å².